The number of hydrogen-bond acceptors (Lipinski definition) is 0. The zero-order chi connectivity index (χ0) is 59.7. The predicted octanol–water partition coefficient (Wildman–Crippen LogP) is 23.9. The van der Waals surface area contributed by atoms with Crippen LogP contribution >= 0.6 is 0 Å². The van der Waals surface area contributed by atoms with Crippen LogP contribution in [0.3, 0.4) is 0 Å². The monoisotopic (exact) mass is 1090 g/mol. The smallest absolute Gasteiger partial charge is 0.0129 e. The average Bonchev–Trinajstić information content (AvgIpc) is 3.66. The minimum atomic E-state index is 0.283. The van der Waals surface area contributed by atoms with Gasteiger partial charge in [0.05, 0.1) is 0 Å². The van der Waals surface area contributed by atoms with E-state index in [2.05, 4.69) is 367 Å². The molecule has 12 aromatic rings. The second-order valence-corrected chi connectivity index (χ2v) is 22.5. The van der Waals surface area contributed by atoms with Crippen molar-refractivity contribution in [3.05, 3.63) is 359 Å². The molecule has 0 radical (unpaired) electrons. The normalized spacial score (nSPS) is 10.3. The molecule has 0 heteroatoms. The molecule has 0 atom stereocenters. The first-order valence-corrected chi connectivity index (χ1v) is 29.4. The Bertz CT molecular complexity index is 3850. The largest absolute Gasteiger partial charge is 0.0622 e. The van der Waals surface area contributed by atoms with E-state index in [1.165, 1.54) is 117 Å². The second-order valence-electron chi connectivity index (χ2n) is 22.5. The molecule has 0 amide bonds. The molecule has 0 heterocycles. The lowest BCUT2D eigenvalue weighted by Crippen LogP contribution is -2.12. The third-order valence-electron chi connectivity index (χ3n) is 15.0. The van der Waals surface area contributed by atoms with Gasteiger partial charge >= 0.3 is 0 Å². The zero-order valence-corrected chi connectivity index (χ0v) is 51.4. The van der Waals surface area contributed by atoms with Crippen molar-refractivity contribution < 1.29 is 0 Å². The molecule has 0 saturated heterocycles. The van der Waals surface area contributed by atoms with Crippen LogP contribution in [-0.2, 0) is 5.41 Å². The quantitative estimate of drug-likeness (QED) is 0.156. The lowest BCUT2D eigenvalue weighted by molar-refractivity contribution is 0.586. The second kappa shape index (κ2) is 31.7. The topological polar surface area (TPSA) is 0 Å². The Kier molecular flexibility index (Phi) is 23.5. The Hall–Kier alpha value is -9.36. The van der Waals surface area contributed by atoms with Gasteiger partial charge in [0.25, 0.3) is 0 Å². The Balaban J connectivity index is 0.000000146. The summed E-state index contributed by atoms with van der Waals surface area (Å²) in [6.07, 6.45) is 0. The molecule has 12 rings (SSSR count). The van der Waals surface area contributed by atoms with Gasteiger partial charge in [-0.25, -0.2) is 0 Å². The van der Waals surface area contributed by atoms with Gasteiger partial charge in [0.15, 0.2) is 0 Å². The summed E-state index contributed by atoms with van der Waals surface area (Å²) in [5.74, 6) is 0. The Labute approximate surface area is 504 Å². The van der Waals surface area contributed by atoms with Gasteiger partial charge in [-0.05, 0) is 172 Å². The van der Waals surface area contributed by atoms with E-state index >= 15 is 0 Å². The number of hydrogen-bond donors (Lipinski definition) is 0. The summed E-state index contributed by atoms with van der Waals surface area (Å²) in [5.41, 5.74) is 28.0. The summed E-state index contributed by atoms with van der Waals surface area (Å²) in [7, 11) is 0. The highest BCUT2D eigenvalue weighted by atomic mass is 14.2. The van der Waals surface area contributed by atoms with Gasteiger partial charge in [-0.15, -0.1) is 0 Å². The van der Waals surface area contributed by atoms with Gasteiger partial charge in [0.1, 0.15) is 0 Å². The molecule has 0 nitrogen and oxygen atoms in total. The van der Waals surface area contributed by atoms with Crippen molar-refractivity contribution in [1.29, 1.82) is 0 Å². The Morgan fingerprint density at radius 1 is 0.190 bits per heavy atom. The highest BCUT2D eigenvalue weighted by molar-refractivity contribution is 5.74. The third kappa shape index (κ3) is 18.8. The minimum absolute atomic E-state index is 0.283. The zero-order valence-electron chi connectivity index (χ0n) is 51.4. The van der Waals surface area contributed by atoms with Crippen molar-refractivity contribution in [1.82, 2.24) is 0 Å². The molecule has 84 heavy (non-hydrogen) atoms. The van der Waals surface area contributed by atoms with Crippen molar-refractivity contribution in [3.63, 3.8) is 0 Å². The molecule has 0 saturated carbocycles. The van der Waals surface area contributed by atoms with E-state index < -0.39 is 0 Å². The average molecular weight is 1090 g/mol. The van der Waals surface area contributed by atoms with Crippen molar-refractivity contribution in [2.45, 2.75) is 81.6 Å². The maximum absolute atomic E-state index is 2.26. The molecule has 0 aliphatic rings. The summed E-state index contributed by atoms with van der Waals surface area (Å²) in [4.78, 5) is 0. The van der Waals surface area contributed by atoms with Crippen molar-refractivity contribution in [2.24, 2.45) is 0 Å². The first kappa shape index (κ1) is 62.2. The van der Waals surface area contributed by atoms with E-state index in [0.29, 0.717) is 0 Å². The molecule has 0 bridgehead atoms. The maximum atomic E-state index is 2.26. The molecule has 0 unspecified atom stereocenters. The van der Waals surface area contributed by atoms with Gasteiger partial charge in [0.2, 0.25) is 0 Å². The predicted molar refractivity (Wildman–Crippen MR) is 368 cm³/mol. The van der Waals surface area contributed by atoms with E-state index in [1.807, 2.05) is 18.2 Å². The summed E-state index contributed by atoms with van der Waals surface area (Å²) in [6, 6.07) is 108. The molecule has 420 valence electrons. The molecule has 12 aromatic carbocycles. The molecule has 0 aromatic heterocycles. The van der Waals surface area contributed by atoms with Crippen LogP contribution in [0.4, 0.5) is 0 Å². The molecule has 0 N–H and O–H groups in total. The highest BCUT2D eigenvalue weighted by Gasteiger charge is 2.14. The molecular weight excluding hydrogens is 1010 g/mol. The lowest BCUT2D eigenvalue weighted by atomic mass is 9.84. The van der Waals surface area contributed by atoms with Crippen LogP contribution in [0.25, 0.3) is 66.8 Å². The Morgan fingerprint density at radius 3 is 0.940 bits per heavy atom. The van der Waals surface area contributed by atoms with E-state index in [9.17, 15) is 0 Å². The number of benzene rings is 12. The van der Waals surface area contributed by atoms with Gasteiger partial charge in [-0.2, -0.15) is 0 Å². The van der Waals surface area contributed by atoms with Crippen LogP contribution in [-0.4, -0.2) is 0 Å². The van der Waals surface area contributed by atoms with Crippen molar-refractivity contribution in [3.8, 4) is 66.8 Å². The standard InChI is InChI=1S/C19H16.2C14H14.2C13H12.C11H16/c1-15-14-18(16-8-4-2-5-9-16)12-13-19(15)17-10-6-3-7-11-17;1-11-7-6-10-14(12(11)2)13-8-4-3-5-9-13;1-11-8-9-14(10-12(11)2)13-6-4-3-5-7-13;1-11-7-5-6-10-13(11)12-8-3-2-4-9-12;1-11-6-5-9-13(10-11)12-7-3-2-4-8-12;1-9-7-5-6-8-10(9)11(2,3)4/h2-14H,1H3;2*3-10H,1-2H3;2*2-10H,1H3;5-8H,1-4H3. The van der Waals surface area contributed by atoms with Gasteiger partial charge < -0.3 is 0 Å². The number of rotatable bonds is 6. The molecule has 0 fully saturated rings. The molecule has 0 spiro atoms. The third-order valence-corrected chi connectivity index (χ3v) is 15.0. The SMILES string of the molecule is Cc1cc(-c2ccccc2)ccc1-c1ccccc1.Cc1ccc(-c2ccccc2)cc1C.Cc1cccc(-c2ccccc2)c1.Cc1cccc(-c2ccccc2)c1C.Cc1ccccc1-c1ccccc1.Cc1ccccc1C(C)(C)C. The minimum Gasteiger partial charge on any atom is -0.0622 e. The van der Waals surface area contributed by atoms with Crippen molar-refractivity contribution in [2.75, 3.05) is 0 Å². The summed E-state index contributed by atoms with van der Waals surface area (Å²) < 4.78 is 0. The highest BCUT2D eigenvalue weighted by Crippen LogP contribution is 2.30. The van der Waals surface area contributed by atoms with E-state index in [1.54, 1.807) is 0 Å². The summed E-state index contributed by atoms with van der Waals surface area (Å²) in [6.45, 7) is 24.0. The first-order valence-electron chi connectivity index (χ1n) is 29.4. The fraction of sp³-hybridized carbons (Fsp3) is 0.143. The van der Waals surface area contributed by atoms with E-state index in [-0.39, 0.29) is 5.41 Å². The Morgan fingerprint density at radius 2 is 0.524 bits per heavy atom. The molecule has 0 aliphatic heterocycles. The fourth-order valence-electron chi connectivity index (χ4n) is 10.0. The van der Waals surface area contributed by atoms with Crippen LogP contribution in [0, 0.1) is 55.4 Å². The van der Waals surface area contributed by atoms with E-state index in [0.717, 1.165) is 0 Å². The molecule has 0 aliphatic carbocycles. The van der Waals surface area contributed by atoms with Crippen LogP contribution in [0.15, 0.2) is 309 Å². The van der Waals surface area contributed by atoms with Gasteiger partial charge in [-0.3, -0.25) is 0 Å². The molecular formula is C84H84. The number of aryl methyl sites for hydroxylation is 7. The maximum Gasteiger partial charge on any atom is -0.0129 e. The lowest BCUT2D eigenvalue weighted by Gasteiger charge is -2.21. The summed E-state index contributed by atoms with van der Waals surface area (Å²) >= 11 is 0. The van der Waals surface area contributed by atoms with Crippen LogP contribution in [0.1, 0.15) is 70.8 Å². The summed E-state index contributed by atoms with van der Waals surface area (Å²) in [5, 5.41) is 0. The van der Waals surface area contributed by atoms with Crippen LogP contribution in [0.5, 0.6) is 0 Å². The van der Waals surface area contributed by atoms with Crippen molar-refractivity contribution >= 4 is 0 Å². The van der Waals surface area contributed by atoms with E-state index in [4.69, 9.17) is 0 Å². The fourth-order valence-corrected chi connectivity index (χ4v) is 10.0. The van der Waals surface area contributed by atoms with Gasteiger partial charge in [-0.1, -0.05) is 336 Å². The first-order chi connectivity index (χ1) is 40.7. The van der Waals surface area contributed by atoms with Crippen LogP contribution in [0.2, 0.25) is 0 Å². The van der Waals surface area contributed by atoms with Gasteiger partial charge in [0, 0.05) is 0 Å². The van der Waals surface area contributed by atoms with Crippen LogP contribution < -0.4 is 0 Å².